The third-order valence-electron chi connectivity index (χ3n) is 2.97. The number of ether oxygens (including phenoxy) is 1. The number of rotatable bonds is 7. The molecule has 0 aliphatic carbocycles. The van der Waals surface area contributed by atoms with Crippen molar-refractivity contribution >= 4 is 11.9 Å². The molecule has 0 aliphatic heterocycles. The first kappa shape index (κ1) is 17.8. The molecule has 0 rings (SSSR count). The fraction of sp³-hybridized carbons (Fsp3) is 0.833. The molecule has 0 saturated heterocycles. The maximum atomic E-state index is 11.8. The highest BCUT2D eigenvalue weighted by Gasteiger charge is 2.38. The topological polar surface area (TPSA) is 116 Å². The lowest BCUT2D eigenvalue weighted by molar-refractivity contribution is -0.156. The van der Waals surface area contributed by atoms with Gasteiger partial charge in [-0.15, -0.1) is 0 Å². The minimum absolute atomic E-state index is 0.108. The Hall–Kier alpha value is -1.18. The van der Waals surface area contributed by atoms with Gasteiger partial charge >= 0.3 is 5.97 Å². The van der Waals surface area contributed by atoms with Gasteiger partial charge in [-0.1, -0.05) is 6.92 Å². The number of aliphatic hydroxyl groups is 3. The normalized spacial score (nSPS) is 18.9. The molecule has 7 heteroatoms. The standard InChI is InChI=1S/C12H23NO6/c1-5-19-11(18)12(4,6-14)13-10(17)9(16)7(2)8(3)15/h7-9,14-16H,5-6H2,1-4H3,(H,13,17)/t7-,8+,9+,12-/m0/s1. The summed E-state index contributed by atoms with van der Waals surface area (Å²) in [6.07, 6.45) is -2.37. The second kappa shape index (κ2) is 7.42. The summed E-state index contributed by atoms with van der Waals surface area (Å²) in [5.41, 5.74) is -1.62. The van der Waals surface area contributed by atoms with Crippen LogP contribution in [0.1, 0.15) is 27.7 Å². The molecule has 0 saturated carbocycles. The molecule has 0 bridgehead atoms. The van der Waals surface area contributed by atoms with Gasteiger partial charge in [0.15, 0.2) is 5.54 Å². The van der Waals surface area contributed by atoms with E-state index in [-0.39, 0.29) is 6.61 Å². The van der Waals surface area contributed by atoms with Gasteiger partial charge in [0.05, 0.1) is 19.3 Å². The van der Waals surface area contributed by atoms with Crippen LogP contribution in [0.5, 0.6) is 0 Å². The van der Waals surface area contributed by atoms with Crippen molar-refractivity contribution in [1.29, 1.82) is 0 Å². The smallest absolute Gasteiger partial charge is 0.333 e. The van der Waals surface area contributed by atoms with E-state index < -0.39 is 42.1 Å². The van der Waals surface area contributed by atoms with Gasteiger partial charge in [-0.2, -0.15) is 0 Å². The number of hydrogen-bond donors (Lipinski definition) is 4. The van der Waals surface area contributed by atoms with Gasteiger partial charge in [-0.25, -0.2) is 4.79 Å². The molecule has 19 heavy (non-hydrogen) atoms. The first-order valence-electron chi connectivity index (χ1n) is 6.15. The lowest BCUT2D eigenvalue weighted by atomic mass is 9.96. The van der Waals surface area contributed by atoms with E-state index in [1.807, 2.05) is 0 Å². The van der Waals surface area contributed by atoms with Crippen LogP contribution in [-0.2, 0) is 14.3 Å². The molecule has 0 aromatic carbocycles. The van der Waals surface area contributed by atoms with E-state index in [9.17, 15) is 24.9 Å². The Balaban J connectivity index is 4.79. The molecular formula is C12H23NO6. The second-order valence-electron chi connectivity index (χ2n) is 4.74. The molecule has 0 aromatic heterocycles. The van der Waals surface area contributed by atoms with Crippen molar-refractivity contribution in [2.75, 3.05) is 13.2 Å². The van der Waals surface area contributed by atoms with Gasteiger partial charge in [-0.05, 0) is 20.8 Å². The lowest BCUT2D eigenvalue weighted by Crippen LogP contribution is -2.59. The molecule has 0 fully saturated rings. The largest absolute Gasteiger partial charge is 0.464 e. The van der Waals surface area contributed by atoms with Gasteiger partial charge in [0.25, 0.3) is 0 Å². The van der Waals surface area contributed by atoms with E-state index in [1.54, 1.807) is 6.92 Å². The third kappa shape index (κ3) is 4.77. The lowest BCUT2D eigenvalue weighted by Gasteiger charge is -2.29. The predicted octanol–water partition coefficient (Wildman–Crippen LogP) is -1.21. The maximum Gasteiger partial charge on any atom is 0.333 e. The number of hydrogen-bond acceptors (Lipinski definition) is 6. The molecular weight excluding hydrogens is 254 g/mol. The van der Waals surface area contributed by atoms with Crippen LogP contribution in [0.2, 0.25) is 0 Å². The molecule has 0 spiro atoms. The summed E-state index contributed by atoms with van der Waals surface area (Å²) >= 11 is 0. The van der Waals surface area contributed by atoms with E-state index in [1.165, 1.54) is 20.8 Å². The van der Waals surface area contributed by atoms with Crippen LogP contribution >= 0.6 is 0 Å². The number of carbonyl (C=O) groups excluding carboxylic acids is 2. The van der Waals surface area contributed by atoms with Crippen LogP contribution < -0.4 is 5.32 Å². The van der Waals surface area contributed by atoms with Crippen molar-refractivity contribution in [3.05, 3.63) is 0 Å². The number of esters is 1. The second-order valence-corrected chi connectivity index (χ2v) is 4.74. The summed E-state index contributed by atoms with van der Waals surface area (Å²) in [4.78, 5) is 23.4. The van der Waals surface area contributed by atoms with Crippen LogP contribution in [0.25, 0.3) is 0 Å². The Morgan fingerprint density at radius 2 is 1.84 bits per heavy atom. The van der Waals surface area contributed by atoms with Crippen LogP contribution in [0.15, 0.2) is 0 Å². The number of nitrogens with one attached hydrogen (secondary N) is 1. The van der Waals surface area contributed by atoms with Crippen molar-refractivity contribution in [2.45, 2.75) is 45.4 Å². The number of carbonyl (C=O) groups is 2. The Labute approximate surface area is 112 Å². The summed E-state index contributed by atoms with van der Waals surface area (Å²) in [5.74, 6) is -2.34. The first-order valence-corrected chi connectivity index (χ1v) is 6.15. The molecule has 4 N–H and O–H groups in total. The fourth-order valence-electron chi connectivity index (χ4n) is 1.29. The maximum absolute atomic E-state index is 11.8. The van der Waals surface area contributed by atoms with Crippen molar-refractivity contribution in [1.82, 2.24) is 5.32 Å². The zero-order valence-electron chi connectivity index (χ0n) is 11.7. The van der Waals surface area contributed by atoms with Crippen LogP contribution in [0, 0.1) is 5.92 Å². The highest BCUT2D eigenvalue weighted by Crippen LogP contribution is 2.12. The van der Waals surface area contributed by atoms with Gasteiger partial charge in [0, 0.05) is 5.92 Å². The average molecular weight is 277 g/mol. The highest BCUT2D eigenvalue weighted by molar-refractivity contribution is 5.89. The van der Waals surface area contributed by atoms with Crippen LogP contribution in [0.3, 0.4) is 0 Å². The van der Waals surface area contributed by atoms with E-state index in [2.05, 4.69) is 5.32 Å². The molecule has 0 aromatic rings. The zero-order chi connectivity index (χ0) is 15.2. The Morgan fingerprint density at radius 1 is 1.32 bits per heavy atom. The average Bonchev–Trinajstić information content (AvgIpc) is 2.36. The summed E-state index contributed by atoms with van der Waals surface area (Å²) in [6.45, 7) is 5.28. The van der Waals surface area contributed by atoms with Gasteiger partial charge in [0.2, 0.25) is 5.91 Å². The molecule has 112 valence electrons. The van der Waals surface area contributed by atoms with Gasteiger partial charge < -0.3 is 25.4 Å². The molecule has 1 amide bonds. The Morgan fingerprint density at radius 3 is 2.21 bits per heavy atom. The predicted molar refractivity (Wildman–Crippen MR) is 67.1 cm³/mol. The minimum atomic E-state index is -1.62. The van der Waals surface area contributed by atoms with Crippen molar-refractivity contribution in [3.8, 4) is 0 Å². The summed E-state index contributed by atoms with van der Waals surface area (Å²) in [5, 5.41) is 30.5. The van der Waals surface area contributed by atoms with Gasteiger partial charge in [0.1, 0.15) is 6.10 Å². The molecule has 0 radical (unpaired) electrons. The third-order valence-corrected chi connectivity index (χ3v) is 2.97. The van der Waals surface area contributed by atoms with Crippen molar-refractivity contribution in [2.24, 2.45) is 5.92 Å². The molecule has 0 unspecified atom stereocenters. The molecule has 7 nitrogen and oxygen atoms in total. The van der Waals surface area contributed by atoms with Crippen LogP contribution in [0.4, 0.5) is 0 Å². The van der Waals surface area contributed by atoms with Crippen molar-refractivity contribution < 1.29 is 29.6 Å². The summed E-state index contributed by atoms with van der Waals surface area (Å²) in [7, 11) is 0. The van der Waals surface area contributed by atoms with E-state index in [4.69, 9.17) is 4.74 Å². The van der Waals surface area contributed by atoms with Gasteiger partial charge in [-0.3, -0.25) is 4.79 Å². The Kier molecular flexibility index (Phi) is 6.96. The quantitative estimate of drug-likeness (QED) is 0.434. The molecule has 4 atom stereocenters. The number of aliphatic hydroxyl groups excluding tert-OH is 3. The first-order chi connectivity index (χ1) is 8.69. The SMILES string of the molecule is CCOC(=O)[C@](C)(CO)NC(=O)[C@H](O)[C@@H](C)[C@@H](C)O. The van der Waals surface area contributed by atoms with Crippen LogP contribution in [-0.4, -0.2) is 58.2 Å². The Bertz CT molecular complexity index is 319. The monoisotopic (exact) mass is 277 g/mol. The van der Waals surface area contributed by atoms with E-state index in [0.29, 0.717) is 0 Å². The highest BCUT2D eigenvalue weighted by atomic mass is 16.5. The van der Waals surface area contributed by atoms with E-state index >= 15 is 0 Å². The summed E-state index contributed by atoms with van der Waals surface area (Å²) in [6, 6.07) is 0. The van der Waals surface area contributed by atoms with E-state index in [0.717, 1.165) is 0 Å². The van der Waals surface area contributed by atoms with Crippen molar-refractivity contribution in [3.63, 3.8) is 0 Å². The fourth-order valence-corrected chi connectivity index (χ4v) is 1.29. The zero-order valence-corrected chi connectivity index (χ0v) is 11.7. The number of amides is 1. The molecule has 0 heterocycles. The minimum Gasteiger partial charge on any atom is -0.464 e. The summed E-state index contributed by atoms with van der Waals surface area (Å²) < 4.78 is 4.74. The molecule has 0 aliphatic rings.